The Morgan fingerprint density at radius 1 is 1.11 bits per heavy atom. The third-order valence-corrected chi connectivity index (χ3v) is 6.00. The van der Waals surface area contributed by atoms with Gasteiger partial charge in [0.1, 0.15) is 0 Å². The third-order valence-electron chi connectivity index (χ3n) is 6.00. The molecule has 104 valence electrons. The van der Waals surface area contributed by atoms with Gasteiger partial charge in [-0.25, -0.2) is 0 Å². The lowest BCUT2D eigenvalue weighted by molar-refractivity contribution is 0.0543. The fraction of sp³-hybridized carbons (Fsp3) is 1.00. The van der Waals surface area contributed by atoms with Crippen LogP contribution in [0.25, 0.3) is 0 Å². The summed E-state index contributed by atoms with van der Waals surface area (Å²) >= 11 is 0. The molecule has 5 atom stereocenters. The summed E-state index contributed by atoms with van der Waals surface area (Å²) in [6, 6.07) is 2.46. The van der Waals surface area contributed by atoms with Crippen molar-refractivity contribution in [2.45, 2.75) is 71.0 Å². The second kappa shape index (κ2) is 5.13. The molecule has 2 heteroatoms. The Morgan fingerprint density at radius 2 is 1.89 bits per heavy atom. The summed E-state index contributed by atoms with van der Waals surface area (Å²) in [6.45, 7) is 9.86. The molecule has 0 aromatic carbocycles. The van der Waals surface area contributed by atoms with Gasteiger partial charge in [-0.2, -0.15) is 0 Å². The van der Waals surface area contributed by atoms with Gasteiger partial charge in [-0.05, 0) is 49.9 Å². The van der Waals surface area contributed by atoms with Crippen LogP contribution in [0.5, 0.6) is 0 Å². The fourth-order valence-corrected chi connectivity index (χ4v) is 4.25. The van der Waals surface area contributed by atoms with Gasteiger partial charge in [-0.1, -0.05) is 20.8 Å². The SMILES string of the molecule is CCC1CNC(C2CC2)CN1C1CCC(C)C1C. The van der Waals surface area contributed by atoms with Crippen molar-refractivity contribution in [3.8, 4) is 0 Å². The maximum Gasteiger partial charge on any atom is 0.0224 e. The van der Waals surface area contributed by atoms with E-state index in [-0.39, 0.29) is 0 Å². The maximum absolute atomic E-state index is 3.82. The van der Waals surface area contributed by atoms with E-state index in [9.17, 15) is 0 Å². The van der Waals surface area contributed by atoms with E-state index in [1.807, 2.05) is 0 Å². The Morgan fingerprint density at radius 3 is 2.44 bits per heavy atom. The van der Waals surface area contributed by atoms with Crippen molar-refractivity contribution in [2.75, 3.05) is 13.1 Å². The van der Waals surface area contributed by atoms with Crippen LogP contribution in [-0.2, 0) is 0 Å². The van der Waals surface area contributed by atoms with E-state index in [2.05, 4.69) is 31.0 Å². The van der Waals surface area contributed by atoms with Gasteiger partial charge in [-0.3, -0.25) is 4.90 Å². The van der Waals surface area contributed by atoms with Gasteiger partial charge in [0.15, 0.2) is 0 Å². The monoisotopic (exact) mass is 250 g/mol. The molecule has 2 nitrogen and oxygen atoms in total. The summed E-state index contributed by atoms with van der Waals surface area (Å²) in [4.78, 5) is 2.90. The van der Waals surface area contributed by atoms with E-state index in [0.29, 0.717) is 0 Å². The first kappa shape index (κ1) is 12.9. The average molecular weight is 250 g/mol. The molecule has 1 N–H and O–H groups in total. The number of rotatable bonds is 3. The third kappa shape index (κ3) is 2.34. The largest absolute Gasteiger partial charge is 0.311 e. The molecule has 3 fully saturated rings. The lowest BCUT2D eigenvalue weighted by atomic mass is 9.93. The number of nitrogens with one attached hydrogen (secondary N) is 1. The quantitative estimate of drug-likeness (QED) is 0.828. The number of nitrogens with zero attached hydrogens (tertiary/aromatic N) is 1. The summed E-state index contributed by atoms with van der Waals surface area (Å²) < 4.78 is 0. The van der Waals surface area contributed by atoms with Gasteiger partial charge >= 0.3 is 0 Å². The first-order valence-electron chi connectivity index (χ1n) is 8.19. The van der Waals surface area contributed by atoms with Crippen molar-refractivity contribution in [2.24, 2.45) is 17.8 Å². The second-order valence-corrected chi connectivity index (χ2v) is 7.09. The minimum atomic E-state index is 0.790. The van der Waals surface area contributed by atoms with Crippen molar-refractivity contribution < 1.29 is 0 Å². The Bertz CT molecular complexity index is 287. The Hall–Kier alpha value is -0.0800. The number of piperazine rings is 1. The summed E-state index contributed by atoms with van der Waals surface area (Å²) in [5.74, 6) is 2.83. The van der Waals surface area contributed by atoms with Crippen LogP contribution >= 0.6 is 0 Å². The fourth-order valence-electron chi connectivity index (χ4n) is 4.25. The topological polar surface area (TPSA) is 15.3 Å². The zero-order valence-corrected chi connectivity index (χ0v) is 12.4. The van der Waals surface area contributed by atoms with E-state index < -0.39 is 0 Å². The highest BCUT2D eigenvalue weighted by Crippen LogP contribution is 2.39. The highest BCUT2D eigenvalue weighted by Gasteiger charge is 2.42. The molecular formula is C16H30N2. The summed E-state index contributed by atoms with van der Waals surface area (Å²) in [7, 11) is 0. The van der Waals surface area contributed by atoms with Crippen LogP contribution in [0.1, 0.15) is 52.9 Å². The van der Waals surface area contributed by atoms with Crippen molar-refractivity contribution in [3.05, 3.63) is 0 Å². The van der Waals surface area contributed by atoms with Crippen molar-refractivity contribution in [3.63, 3.8) is 0 Å². The number of hydrogen-bond acceptors (Lipinski definition) is 2. The summed E-state index contributed by atoms with van der Waals surface area (Å²) in [6.07, 6.45) is 7.14. The van der Waals surface area contributed by atoms with Gasteiger partial charge in [0.2, 0.25) is 0 Å². The number of hydrogen-bond donors (Lipinski definition) is 1. The van der Waals surface area contributed by atoms with Crippen LogP contribution in [0.3, 0.4) is 0 Å². The molecule has 2 aliphatic carbocycles. The predicted molar refractivity (Wildman–Crippen MR) is 76.6 cm³/mol. The van der Waals surface area contributed by atoms with E-state index >= 15 is 0 Å². The zero-order valence-electron chi connectivity index (χ0n) is 12.4. The highest BCUT2D eigenvalue weighted by atomic mass is 15.3. The van der Waals surface area contributed by atoms with E-state index in [0.717, 1.165) is 35.9 Å². The highest BCUT2D eigenvalue weighted by molar-refractivity contribution is 4.98. The molecule has 3 aliphatic rings. The summed E-state index contributed by atoms with van der Waals surface area (Å²) in [5, 5.41) is 3.82. The van der Waals surface area contributed by atoms with Gasteiger partial charge in [-0.15, -0.1) is 0 Å². The molecule has 0 amide bonds. The van der Waals surface area contributed by atoms with Crippen LogP contribution in [0.4, 0.5) is 0 Å². The van der Waals surface area contributed by atoms with Crippen LogP contribution < -0.4 is 5.32 Å². The average Bonchev–Trinajstić information content (AvgIpc) is 3.18. The molecule has 1 heterocycles. The standard InChI is InChI=1S/C16H30N2/c1-4-14-9-17-15(13-6-7-13)10-18(14)16-8-5-11(2)12(16)3/h11-17H,4-10H2,1-3H3. The van der Waals surface area contributed by atoms with Crippen LogP contribution in [0, 0.1) is 17.8 Å². The van der Waals surface area contributed by atoms with E-state index in [1.54, 1.807) is 0 Å². The Kier molecular flexibility index (Phi) is 3.68. The normalized spacial score (nSPS) is 46.5. The van der Waals surface area contributed by atoms with Gasteiger partial charge in [0.25, 0.3) is 0 Å². The molecular weight excluding hydrogens is 220 g/mol. The molecule has 18 heavy (non-hydrogen) atoms. The van der Waals surface area contributed by atoms with E-state index in [4.69, 9.17) is 0 Å². The van der Waals surface area contributed by atoms with Crippen LogP contribution in [0.15, 0.2) is 0 Å². The molecule has 0 radical (unpaired) electrons. The van der Waals surface area contributed by atoms with Gasteiger partial charge < -0.3 is 5.32 Å². The van der Waals surface area contributed by atoms with Crippen LogP contribution in [0.2, 0.25) is 0 Å². The molecule has 0 aromatic rings. The maximum atomic E-state index is 3.82. The molecule has 0 bridgehead atoms. The van der Waals surface area contributed by atoms with Gasteiger partial charge in [0, 0.05) is 31.2 Å². The Labute approximate surface area is 113 Å². The lowest BCUT2D eigenvalue weighted by Gasteiger charge is -2.45. The second-order valence-electron chi connectivity index (χ2n) is 7.09. The first-order valence-corrected chi connectivity index (χ1v) is 8.19. The Balaban J connectivity index is 1.69. The molecule has 0 spiro atoms. The van der Waals surface area contributed by atoms with Gasteiger partial charge in [0.05, 0.1) is 0 Å². The molecule has 5 unspecified atom stereocenters. The minimum absolute atomic E-state index is 0.790. The van der Waals surface area contributed by atoms with Crippen molar-refractivity contribution in [1.82, 2.24) is 10.2 Å². The molecule has 3 rings (SSSR count). The van der Waals surface area contributed by atoms with Crippen LogP contribution in [-0.4, -0.2) is 36.1 Å². The van der Waals surface area contributed by atoms with E-state index in [1.165, 1.54) is 45.2 Å². The predicted octanol–water partition coefficient (Wildman–Crippen LogP) is 2.88. The molecule has 0 aromatic heterocycles. The van der Waals surface area contributed by atoms with Crippen molar-refractivity contribution in [1.29, 1.82) is 0 Å². The van der Waals surface area contributed by atoms with Crippen molar-refractivity contribution >= 4 is 0 Å². The first-order chi connectivity index (χ1) is 8.70. The minimum Gasteiger partial charge on any atom is -0.311 e. The molecule has 1 aliphatic heterocycles. The lowest BCUT2D eigenvalue weighted by Crippen LogP contribution is -2.60. The zero-order chi connectivity index (χ0) is 12.7. The summed E-state index contributed by atoms with van der Waals surface area (Å²) in [5.41, 5.74) is 0. The smallest absolute Gasteiger partial charge is 0.0224 e. The molecule has 1 saturated heterocycles. The molecule has 2 saturated carbocycles.